The minimum Gasteiger partial charge on any atom is -0.612 e. The van der Waals surface area contributed by atoms with Crippen LogP contribution < -0.4 is 0 Å². The number of Topliss-reactive ketones (excluding diaryl/α,β-unsaturated/α-hetero) is 1. The van der Waals surface area contributed by atoms with Crippen LogP contribution in [0.1, 0.15) is 49.5 Å². The highest BCUT2D eigenvalue weighted by atomic mass is 32.2. The molecule has 5 nitrogen and oxygen atoms in total. The first-order valence-electron chi connectivity index (χ1n) is 8.60. The van der Waals surface area contributed by atoms with Crippen molar-refractivity contribution < 1.29 is 18.9 Å². The zero-order valence-electron chi connectivity index (χ0n) is 15.3. The van der Waals surface area contributed by atoms with Crippen molar-refractivity contribution in [1.82, 2.24) is 4.90 Å². The molecule has 1 fully saturated rings. The molecule has 1 amide bonds. The number of carbonyl (C=O) groups is 2. The Bertz CT molecular complexity index is 700. The highest BCUT2D eigenvalue weighted by Gasteiger charge is 2.48. The summed E-state index contributed by atoms with van der Waals surface area (Å²) < 4.78 is 17.1. The van der Waals surface area contributed by atoms with Gasteiger partial charge in [0.15, 0.2) is 10.7 Å². The van der Waals surface area contributed by atoms with Crippen molar-refractivity contribution in [3.63, 3.8) is 0 Å². The lowest BCUT2D eigenvalue weighted by Gasteiger charge is -2.38. The maximum atomic E-state index is 13.0. The Morgan fingerprint density at radius 1 is 1.28 bits per heavy atom. The number of fused-ring (bicyclic) bond motifs is 1. The number of rotatable bonds is 1. The van der Waals surface area contributed by atoms with Crippen molar-refractivity contribution in [3.8, 4) is 0 Å². The molecule has 1 heterocycles. The van der Waals surface area contributed by atoms with Crippen LogP contribution >= 0.6 is 0 Å². The Morgan fingerprint density at radius 2 is 1.92 bits per heavy atom. The first kappa shape index (κ1) is 18.3. The number of hydrogen-bond acceptors (Lipinski definition) is 4. The Labute approximate surface area is 151 Å². The van der Waals surface area contributed by atoms with Crippen LogP contribution in [0.15, 0.2) is 23.1 Å². The van der Waals surface area contributed by atoms with Crippen LogP contribution in [-0.2, 0) is 22.3 Å². The van der Waals surface area contributed by atoms with E-state index in [0.717, 1.165) is 5.56 Å². The van der Waals surface area contributed by atoms with E-state index in [4.69, 9.17) is 4.74 Å². The van der Waals surface area contributed by atoms with Gasteiger partial charge in [0.25, 0.3) is 0 Å². The number of benzene rings is 1. The summed E-state index contributed by atoms with van der Waals surface area (Å²) in [5.41, 5.74) is 0.801. The summed E-state index contributed by atoms with van der Waals surface area (Å²) in [6.45, 7) is 6.61. The van der Waals surface area contributed by atoms with Gasteiger partial charge in [0.2, 0.25) is 0 Å². The fourth-order valence-corrected chi connectivity index (χ4v) is 4.22. The van der Waals surface area contributed by atoms with Gasteiger partial charge in [-0.3, -0.25) is 4.79 Å². The molecule has 3 rings (SSSR count). The Morgan fingerprint density at radius 3 is 2.48 bits per heavy atom. The smallest absolute Gasteiger partial charge is 0.410 e. The zero-order chi connectivity index (χ0) is 18.4. The Hall–Kier alpha value is -1.53. The van der Waals surface area contributed by atoms with Gasteiger partial charge in [-0.1, -0.05) is 6.07 Å². The molecule has 1 aliphatic carbocycles. The monoisotopic (exact) mass is 363 g/mol. The Balaban J connectivity index is 1.72. The lowest BCUT2D eigenvalue weighted by atomic mass is 9.75. The minimum absolute atomic E-state index is 0.138. The second-order valence-electron chi connectivity index (χ2n) is 8.03. The average Bonchev–Trinajstić information content (AvgIpc) is 2.78. The van der Waals surface area contributed by atoms with Gasteiger partial charge >= 0.3 is 6.09 Å². The summed E-state index contributed by atoms with van der Waals surface area (Å²) in [4.78, 5) is 27.6. The number of ketones is 1. The molecular formula is C19H25NO4S. The molecule has 6 heteroatoms. The quantitative estimate of drug-likeness (QED) is 0.719. The lowest BCUT2D eigenvalue weighted by Crippen LogP contribution is -2.47. The van der Waals surface area contributed by atoms with Crippen molar-refractivity contribution in [2.75, 3.05) is 19.3 Å². The number of carbonyl (C=O) groups excluding carboxylic acids is 2. The fourth-order valence-electron chi connectivity index (χ4n) is 3.68. The first-order valence-corrected chi connectivity index (χ1v) is 10.2. The number of ether oxygens (including phenoxy) is 1. The van der Waals surface area contributed by atoms with E-state index in [0.29, 0.717) is 42.8 Å². The van der Waals surface area contributed by atoms with Crippen LogP contribution in [0.2, 0.25) is 0 Å². The van der Waals surface area contributed by atoms with E-state index in [1.807, 2.05) is 32.9 Å². The van der Waals surface area contributed by atoms with Crippen LogP contribution in [0, 0.1) is 5.41 Å². The summed E-state index contributed by atoms with van der Waals surface area (Å²) >= 11 is -1.10. The summed E-state index contributed by atoms with van der Waals surface area (Å²) in [5.74, 6) is 0.138. The zero-order valence-corrected chi connectivity index (χ0v) is 16.1. The number of likely N-dealkylation sites (tertiary alicyclic amines) is 1. The molecule has 0 aromatic heterocycles. The topological polar surface area (TPSA) is 69.7 Å². The second-order valence-corrected chi connectivity index (χ2v) is 9.41. The highest BCUT2D eigenvalue weighted by Crippen LogP contribution is 2.45. The Kier molecular flexibility index (Phi) is 4.62. The normalized spacial score (nSPS) is 20.5. The molecule has 0 radical (unpaired) electrons. The SMILES string of the molecule is C[S+]([O-])c1ccc2c(c1)C(=O)C1(CCN(C(=O)OC(C)(C)C)CC1)C2. The van der Waals surface area contributed by atoms with Crippen molar-refractivity contribution in [3.05, 3.63) is 29.3 Å². The lowest BCUT2D eigenvalue weighted by molar-refractivity contribution is 0.0114. The van der Waals surface area contributed by atoms with Crippen molar-refractivity contribution in [1.29, 1.82) is 0 Å². The number of amides is 1. The van der Waals surface area contributed by atoms with Crippen molar-refractivity contribution >= 4 is 23.1 Å². The van der Waals surface area contributed by atoms with Gasteiger partial charge in [0.05, 0.1) is 0 Å². The molecule has 0 N–H and O–H groups in total. The maximum Gasteiger partial charge on any atom is 0.410 e. The summed E-state index contributed by atoms with van der Waals surface area (Å²) in [6.07, 6.45) is 3.30. The number of hydrogen-bond donors (Lipinski definition) is 0. The third kappa shape index (κ3) is 3.55. The number of piperidine rings is 1. The van der Waals surface area contributed by atoms with E-state index < -0.39 is 22.2 Å². The first-order chi connectivity index (χ1) is 11.6. The van der Waals surface area contributed by atoms with E-state index in [9.17, 15) is 14.1 Å². The summed E-state index contributed by atoms with van der Waals surface area (Å²) in [7, 11) is 0. The van der Waals surface area contributed by atoms with Crippen LogP contribution in [0.4, 0.5) is 4.79 Å². The van der Waals surface area contributed by atoms with E-state index >= 15 is 0 Å². The van der Waals surface area contributed by atoms with Crippen LogP contribution in [0.3, 0.4) is 0 Å². The third-order valence-corrected chi connectivity index (χ3v) is 5.96. The van der Waals surface area contributed by atoms with Crippen LogP contribution in [-0.4, -0.2) is 46.3 Å². The third-order valence-electron chi connectivity index (χ3n) is 5.04. The van der Waals surface area contributed by atoms with Gasteiger partial charge in [-0.15, -0.1) is 0 Å². The molecule has 1 spiro atoms. The highest BCUT2D eigenvalue weighted by molar-refractivity contribution is 7.90. The fraction of sp³-hybridized carbons (Fsp3) is 0.579. The molecule has 1 unspecified atom stereocenters. The van der Waals surface area contributed by atoms with Crippen molar-refractivity contribution in [2.45, 2.75) is 50.5 Å². The molecule has 1 aliphatic heterocycles. The van der Waals surface area contributed by atoms with Gasteiger partial charge in [0.1, 0.15) is 11.9 Å². The van der Waals surface area contributed by atoms with Crippen LogP contribution in [0.5, 0.6) is 0 Å². The molecule has 0 bridgehead atoms. The van der Waals surface area contributed by atoms with Gasteiger partial charge < -0.3 is 14.2 Å². The van der Waals surface area contributed by atoms with E-state index in [2.05, 4.69) is 0 Å². The van der Waals surface area contributed by atoms with Gasteiger partial charge in [0, 0.05) is 30.1 Å². The standard InChI is InChI=1S/C19H25NO4S/c1-18(2,3)24-17(22)20-9-7-19(8-10-20)12-13-5-6-14(25(4)23)11-15(13)16(19)21/h5-6,11H,7-10,12H2,1-4H3. The average molecular weight is 363 g/mol. The van der Waals surface area contributed by atoms with Gasteiger partial charge in [-0.2, -0.15) is 0 Å². The molecule has 1 atom stereocenters. The summed E-state index contributed by atoms with van der Waals surface area (Å²) in [6, 6.07) is 5.55. The molecule has 1 aromatic rings. The molecule has 0 saturated carbocycles. The van der Waals surface area contributed by atoms with E-state index in [1.54, 1.807) is 17.2 Å². The molecule has 2 aliphatic rings. The van der Waals surface area contributed by atoms with Gasteiger partial charge in [-0.25, -0.2) is 4.79 Å². The predicted octanol–water partition coefficient (Wildman–Crippen LogP) is 3.18. The molecule has 1 aromatic carbocycles. The van der Waals surface area contributed by atoms with E-state index in [1.165, 1.54) is 0 Å². The second kappa shape index (κ2) is 6.32. The van der Waals surface area contributed by atoms with Crippen LogP contribution in [0.25, 0.3) is 0 Å². The predicted molar refractivity (Wildman–Crippen MR) is 96.3 cm³/mol. The summed E-state index contributed by atoms with van der Waals surface area (Å²) in [5, 5.41) is 0. The van der Waals surface area contributed by atoms with Gasteiger partial charge in [-0.05, 0) is 62.8 Å². The number of nitrogens with zero attached hydrogens (tertiary/aromatic N) is 1. The van der Waals surface area contributed by atoms with E-state index in [-0.39, 0.29) is 11.9 Å². The maximum absolute atomic E-state index is 13.0. The molecule has 25 heavy (non-hydrogen) atoms. The van der Waals surface area contributed by atoms with Crippen molar-refractivity contribution in [2.24, 2.45) is 5.41 Å². The molecular weight excluding hydrogens is 338 g/mol. The minimum atomic E-state index is -1.10. The molecule has 1 saturated heterocycles. The molecule has 136 valence electrons. The largest absolute Gasteiger partial charge is 0.612 e.